The van der Waals surface area contributed by atoms with Crippen LogP contribution < -0.4 is 11.1 Å². The molecule has 1 rings (SSSR count). The molecule has 0 spiro atoms. The molecule has 0 aromatic carbocycles. The van der Waals surface area contributed by atoms with Crippen molar-refractivity contribution >= 4 is 5.91 Å². The van der Waals surface area contributed by atoms with Gasteiger partial charge in [-0.2, -0.15) is 0 Å². The van der Waals surface area contributed by atoms with Crippen LogP contribution in [0.1, 0.15) is 60.3 Å². The van der Waals surface area contributed by atoms with Crippen molar-refractivity contribution in [2.75, 3.05) is 0 Å². The summed E-state index contributed by atoms with van der Waals surface area (Å²) in [5.41, 5.74) is 6.17. The second kappa shape index (κ2) is 6.05. The molecule has 3 heteroatoms. The topological polar surface area (TPSA) is 55.1 Å². The highest BCUT2D eigenvalue weighted by molar-refractivity contribution is 5.82. The van der Waals surface area contributed by atoms with Gasteiger partial charge in [-0.05, 0) is 30.1 Å². The van der Waals surface area contributed by atoms with Gasteiger partial charge in [-0.15, -0.1) is 0 Å². The molecule has 18 heavy (non-hydrogen) atoms. The van der Waals surface area contributed by atoms with Crippen molar-refractivity contribution in [2.45, 2.75) is 72.4 Å². The van der Waals surface area contributed by atoms with E-state index in [-0.39, 0.29) is 23.3 Å². The molecule has 0 aliphatic heterocycles. The number of hydrogen-bond acceptors (Lipinski definition) is 2. The van der Waals surface area contributed by atoms with Crippen molar-refractivity contribution < 1.29 is 4.79 Å². The molecule has 1 saturated carbocycles. The third-order valence-electron chi connectivity index (χ3n) is 4.23. The van der Waals surface area contributed by atoms with Crippen LogP contribution in [0, 0.1) is 17.3 Å². The van der Waals surface area contributed by atoms with Crippen LogP contribution in [0.25, 0.3) is 0 Å². The van der Waals surface area contributed by atoms with E-state index in [9.17, 15) is 4.79 Å². The SMILES string of the molecule is CC(C)[C@@H](N)C(=O)NC1CCCCC1C(C)(C)C. The standard InChI is InChI=1S/C15H30N2O/c1-10(2)13(16)14(18)17-12-9-7-6-8-11(12)15(3,4)5/h10-13H,6-9,16H2,1-5H3,(H,17,18)/t11?,12?,13-/m1/s1. The van der Waals surface area contributed by atoms with E-state index >= 15 is 0 Å². The summed E-state index contributed by atoms with van der Waals surface area (Å²) in [5.74, 6) is 0.780. The molecule has 1 aliphatic rings. The first-order chi connectivity index (χ1) is 8.23. The van der Waals surface area contributed by atoms with E-state index in [1.54, 1.807) is 0 Å². The van der Waals surface area contributed by atoms with Gasteiger partial charge < -0.3 is 11.1 Å². The smallest absolute Gasteiger partial charge is 0.237 e. The Morgan fingerprint density at radius 3 is 2.28 bits per heavy atom. The summed E-state index contributed by atoms with van der Waals surface area (Å²) >= 11 is 0. The molecule has 106 valence electrons. The normalized spacial score (nSPS) is 27.1. The van der Waals surface area contributed by atoms with E-state index in [2.05, 4.69) is 26.1 Å². The van der Waals surface area contributed by atoms with E-state index in [0.29, 0.717) is 12.0 Å². The van der Waals surface area contributed by atoms with Crippen LogP contribution in [0.15, 0.2) is 0 Å². The minimum Gasteiger partial charge on any atom is -0.352 e. The Balaban J connectivity index is 2.65. The van der Waals surface area contributed by atoms with Crippen molar-refractivity contribution in [3.05, 3.63) is 0 Å². The maximum absolute atomic E-state index is 12.1. The number of carbonyl (C=O) groups excluding carboxylic acids is 1. The lowest BCUT2D eigenvalue weighted by Crippen LogP contribution is -2.52. The van der Waals surface area contributed by atoms with Crippen LogP contribution in [0.3, 0.4) is 0 Å². The molecule has 3 nitrogen and oxygen atoms in total. The second-order valence-corrected chi connectivity index (χ2v) is 7.14. The van der Waals surface area contributed by atoms with E-state index in [1.165, 1.54) is 19.3 Å². The van der Waals surface area contributed by atoms with Crippen molar-refractivity contribution in [1.82, 2.24) is 5.32 Å². The van der Waals surface area contributed by atoms with Gasteiger partial charge in [-0.1, -0.05) is 47.5 Å². The molecule has 0 aromatic heterocycles. The lowest BCUT2D eigenvalue weighted by Gasteiger charge is -2.41. The molecule has 0 heterocycles. The molecular weight excluding hydrogens is 224 g/mol. The van der Waals surface area contributed by atoms with Gasteiger partial charge >= 0.3 is 0 Å². The Labute approximate surface area is 112 Å². The molecule has 0 bridgehead atoms. The fourth-order valence-electron chi connectivity index (χ4n) is 2.92. The van der Waals surface area contributed by atoms with E-state index in [0.717, 1.165) is 6.42 Å². The predicted molar refractivity (Wildman–Crippen MR) is 76.2 cm³/mol. The number of hydrogen-bond donors (Lipinski definition) is 2. The summed E-state index contributed by atoms with van der Waals surface area (Å²) in [6.45, 7) is 10.8. The first kappa shape index (κ1) is 15.5. The van der Waals surface area contributed by atoms with E-state index < -0.39 is 0 Å². The second-order valence-electron chi connectivity index (χ2n) is 7.14. The predicted octanol–water partition coefficient (Wildman–Crippen LogP) is 2.69. The highest BCUT2D eigenvalue weighted by atomic mass is 16.2. The molecular formula is C15H30N2O. The minimum atomic E-state index is -0.382. The Kier molecular flexibility index (Phi) is 5.20. The lowest BCUT2D eigenvalue weighted by atomic mass is 9.69. The zero-order chi connectivity index (χ0) is 13.9. The molecule has 1 aliphatic carbocycles. The molecule has 2 unspecified atom stereocenters. The third-order valence-corrected chi connectivity index (χ3v) is 4.23. The van der Waals surface area contributed by atoms with E-state index in [1.807, 2.05) is 13.8 Å². The van der Waals surface area contributed by atoms with Gasteiger partial charge in [-0.25, -0.2) is 0 Å². The average molecular weight is 254 g/mol. The number of rotatable bonds is 3. The number of nitrogens with two attached hydrogens (primary N) is 1. The van der Waals surface area contributed by atoms with Gasteiger partial charge in [0.15, 0.2) is 0 Å². The fraction of sp³-hybridized carbons (Fsp3) is 0.933. The van der Waals surface area contributed by atoms with Crippen molar-refractivity contribution in [3.63, 3.8) is 0 Å². The van der Waals surface area contributed by atoms with Gasteiger partial charge in [-0.3, -0.25) is 4.79 Å². The van der Waals surface area contributed by atoms with Crippen LogP contribution in [0.4, 0.5) is 0 Å². The van der Waals surface area contributed by atoms with E-state index in [4.69, 9.17) is 5.73 Å². The summed E-state index contributed by atoms with van der Waals surface area (Å²) in [4.78, 5) is 12.1. The number of carbonyl (C=O) groups is 1. The zero-order valence-electron chi connectivity index (χ0n) is 12.6. The lowest BCUT2D eigenvalue weighted by molar-refractivity contribution is -0.125. The first-order valence-electron chi connectivity index (χ1n) is 7.29. The van der Waals surface area contributed by atoms with Gasteiger partial charge in [0.1, 0.15) is 0 Å². The highest BCUT2D eigenvalue weighted by Gasteiger charge is 2.35. The summed E-state index contributed by atoms with van der Waals surface area (Å²) in [6, 6.07) is -0.0800. The third kappa shape index (κ3) is 3.98. The summed E-state index contributed by atoms with van der Waals surface area (Å²) < 4.78 is 0. The van der Waals surface area contributed by atoms with Crippen LogP contribution >= 0.6 is 0 Å². The van der Waals surface area contributed by atoms with Crippen molar-refractivity contribution in [3.8, 4) is 0 Å². The summed E-state index contributed by atoms with van der Waals surface area (Å²) in [6.07, 6.45) is 4.81. The zero-order valence-corrected chi connectivity index (χ0v) is 12.6. The molecule has 0 aromatic rings. The Morgan fingerprint density at radius 1 is 1.22 bits per heavy atom. The maximum Gasteiger partial charge on any atom is 0.237 e. The van der Waals surface area contributed by atoms with Gasteiger partial charge in [0.05, 0.1) is 6.04 Å². The molecule has 3 atom stereocenters. The van der Waals surface area contributed by atoms with Gasteiger partial charge in [0, 0.05) is 6.04 Å². The molecule has 3 N–H and O–H groups in total. The Morgan fingerprint density at radius 2 is 1.78 bits per heavy atom. The highest BCUT2D eigenvalue weighted by Crippen LogP contribution is 2.38. The van der Waals surface area contributed by atoms with Crippen molar-refractivity contribution in [1.29, 1.82) is 0 Å². The molecule has 1 fully saturated rings. The largest absolute Gasteiger partial charge is 0.352 e. The quantitative estimate of drug-likeness (QED) is 0.813. The minimum absolute atomic E-state index is 0.0196. The monoisotopic (exact) mass is 254 g/mol. The van der Waals surface area contributed by atoms with Gasteiger partial charge in [0.2, 0.25) is 5.91 Å². The Hall–Kier alpha value is -0.570. The molecule has 0 saturated heterocycles. The molecule has 1 amide bonds. The average Bonchev–Trinajstić information content (AvgIpc) is 2.27. The summed E-state index contributed by atoms with van der Waals surface area (Å²) in [5, 5.41) is 3.19. The maximum atomic E-state index is 12.1. The fourth-order valence-corrected chi connectivity index (χ4v) is 2.92. The summed E-state index contributed by atoms with van der Waals surface area (Å²) in [7, 11) is 0. The van der Waals surface area contributed by atoms with Gasteiger partial charge in [0.25, 0.3) is 0 Å². The van der Waals surface area contributed by atoms with Crippen LogP contribution in [0.2, 0.25) is 0 Å². The van der Waals surface area contributed by atoms with Crippen LogP contribution in [-0.4, -0.2) is 18.0 Å². The first-order valence-corrected chi connectivity index (χ1v) is 7.29. The molecule has 0 radical (unpaired) electrons. The van der Waals surface area contributed by atoms with Crippen LogP contribution in [0.5, 0.6) is 0 Å². The number of amides is 1. The Bertz CT molecular complexity index is 281. The van der Waals surface area contributed by atoms with Crippen molar-refractivity contribution in [2.24, 2.45) is 23.0 Å². The number of nitrogens with one attached hydrogen (secondary N) is 1. The van der Waals surface area contributed by atoms with Crippen LogP contribution in [-0.2, 0) is 4.79 Å².